The van der Waals surface area contributed by atoms with Crippen LogP contribution in [0.2, 0.25) is 0 Å². The topological polar surface area (TPSA) is 73.2 Å². The summed E-state index contributed by atoms with van der Waals surface area (Å²) in [4.78, 5) is 2.12. The summed E-state index contributed by atoms with van der Waals surface area (Å²) in [5.74, 6) is -0.218. The number of ether oxygens (including phenoxy) is 1. The molecular weight excluding hydrogens is 350 g/mol. The molecule has 0 saturated carbocycles. The minimum absolute atomic E-state index is 0. The van der Waals surface area contributed by atoms with Crippen LogP contribution < -0.4 is 0 Å². The van der Waals surface area contributed by atoms with E-state index in [1.54, 1.807) is 6.07 Å². The van der Waals surface area contributed by atoms with E-state index in [0.29, 0.717) is 17.5 Å². The molecule has 1 fully saturated rings. The molecule has 0 radical (unpaired) electrons. The molecule has 1 aromatic carbocycles. The second-order valence-electron chi connectivity index (χ2n) is 6.04. The molecule has 5 nitrogen and oxygen atoms in total. The number of fused-ring (bicyclic) bond motifs is 1. The molecule has 124 valence electrons. The van der Waals surface area contributed by atoms with E-state index in [1.165, 1.54) is 6.07 Å². The Kier molecular flexibility index (Phi) is 5.71. The van der Waals surface area contributed by atoms with E-state index < -0.39 is 6.10 Å². The number of likely N-dealkylation sites (N-methyl/N-ethyl adjacent to an activating group) is 1. The molecular formula is C16H24BrNO4. The second-order valence-corrected chi connectivity index (χ2v) is 6.04. The predicted octanol–water partition coefficient (Wildman–Crippen LogP) is 2.48. The van der Waals surface area contributed by atoms with Crippen LogP contribution in [-0.2, 0) is 11.2 Å². The zero-order valence-electron chi connectivity index (χ0n) is 12.7. The normalized spacial score (nSPS) is 28.0. The van der Waals surface area contributed by atoms with Crippen molar-refractivity contribution in [1.29, 1.82) is 0 Å². The highest BCUT2D eigenvalue weighted by molar-refractivity contribution is 8.93. The predicted molar refractivity (Wildman–Crippen MR) is 88.5 cm³/mol. The summed E-state index contributed by atoms with van der Waals surface area (Å²) < 4.78 is 5.80. The Hall–Kier alpha value is -0.820. The summed E-state index contributed by atoms with van der Waals surface area (Å²) in [6, 6.07) is 3.12. The highest BCUT2D eigenvalue weighted by atomic mass is 79.9. The molecule has 0 amide bonds. The lowest BCUT2D eigenvalue weighted by molar-refractivity contribution is -0.113. The maximum absolute atomic E-state index is 10.6. The van der Waals surface area contributed by atoms with Gasteiger partial charge in [-0.25, -0.2) is 0 Å². The fourth-order valence-electron chi connectivity index (χ4n) is 3.52. The number of aliphatic hydroxyl groups excluding tert-OH is 1. The third kappa shape index (κ3) is 3.11. The van der Waals surface area contributed by atoms with Crippen LogP contribution in [0.5, 0.6) is 11.5 Å². The van der Waals surface area contributed by atoms with Gasteiger partial charge in [0.2, 0.25) is 0 Å². The molecule has 1 aromatic rings. The molecule has 0 bridgehead atoms. The van der Waals surface area contributed by atoms with Crippen molar-refractivity contribution in [3.63, 3.8) is 0 Å². The van der Waals surface area contributed by atoms with Gasteiger partial charge in [-0.1, -0.05) is 6.07 Å². The lowest BCUT2D eigenvalue weighted by Gasteiger charge is -2.41. The van der Waals surface area contributed by atoms with Gasteiger partial charge in [0.25, 0.3) is 0 Å². The third-order valence-corrected chi connectivity index (χ3v) is 4.80. The minimum Gasteiger partial charge on any atom is -0.504 e. The van der Waals surface area contributed by atoms with Crippen LogP contribution in [0.3, 0.4) is 0 Å². The van der Waals surface area contributed by atoms with Crippen molar-refractivity contribution in [3.05, 3.63) is 23.3 Å². The van der Waals surface area contributed by atoms with Crippen molar-refractivity contribution < 1.29 is 20.1 Å². The van der Waals surface area contributed by atoms with Gasteiger partial charge in [0.15, 0.2) is 11.5 Å². The lowest BCUT2D eigenvalue weighted by Crippen LogP contribution is -2.47. The molecule has 3 unspecified atom stereocenters. The Bertz CT molecular complexity index is 519. The molecule has 22 heavy (non-hydrogen) atoms. The number of hydrogen-bond donors (Lipinski definition) is 3. The third-order valence-electron chi connectivity index (χ3n) is 4.80. The zero-order chi connectivity index (χ0) is 15.0. The van der Waals surface area contributed by atoms with Crippen molar-refractivity contribution in [2.45, 2.75) is 50.5 Å². The fourth-order valence-corrected chi connectivity index (χ4v) is 3.52. The van der Waals surface area contributed by atoms with E-state index >= 15 is 0 Å². The standard InChI is InChI=1S/C16H23NO4.BrH/c1-17(14-4-2-3-9-21-14)12-7-5-11-10(15(12)19)6-8-13(18)16(11)20;/h6,8,12,14-15,18-20H,2-5,7,9H2,1H3;1H. The van der Waals surface area contributed by atoms with Crippen LogP contribution in [0.25, 0.3) is 0 Å². The number of aliphatic hydroxyl groups is 1. The second kappa shape index (κ2) is 7.17. The number of hydrogen-bond acceptors (Lipinski definition) is 5. The Morgan fingerprint density at radius 3 is 2.64 bits per heavy atom. The summed E-state index contributed by atoms with van der Waals surface area (Å²) >= 11 is 0. The van der Waals surface area contributed by atoms with Crippen molar-refractivity contribution in [1.82, 2.24) is 4.90 Å². The summed E-state index contributed by atoms with van der Waals surface area (Å²) in [6.07, 6.45) is 4.03. The largest absolute Gasteiger partial charge is 0.504 e. The van der Waals surface area contributed by atoms with Gasteiger partial charge in [0.05, 0.1) is 6.10 Å². The first-order valence-electron chi connectivity index (χ1n) is 7.65. The van der Waals surface area contributed by atoms with Crippen LogP contribution in [0.15, 0.2) is 12.1 Å². The van der Waals surface area contributed by atoms with Gasteiger partial charge in [-0.05, 0) is 50.8 Å². The molecule has 1 saturated heterocycles. The Morgan fingerprint density at radius 2 is 1.95 bits per heavy atom. The average Bonchev–Trinajstić information content (AvgIpc) is 2.52. The first kappa shape index (κ1) is 17.5. The number of rotatable bonds is 2. The highest BCUT2D eigenvalue weighted by Crippen LogP contribution is 2.41. The lowest BCUT2D eigenvalue weighted by atomic mass is 9.84. The van der Waals surface area contributed by atoms with Gasteiger partial charge < -0.3 is 20.1 Å². The number of nitrogens with zero attached hydrogens (tertiary/aromatic N) is 1. The maximum Gasteiger partial charge on any atom is 0.161 e. The number of aromatic hydroxyl groups is 2. The van der Waals surface area contributed by atoms with Crippen LogP contribution in [0.4, 0.5) is 0 Å². The molecule has 1 heterocycles. The molecule has 3 atom stereocenters. The van der Waals surface area contributed by atoms with E-state index in [1.807, 2.05) is 7.05 Å². The van der Waals surface area contributed by atoms with Gasteiger partial charge in [-0.3, -0.25) is 4.90 Å². The monoisotopic (exact) mass is 373 g/mol. The molecule has 1 aliphatic carbocycles. The number of halogens is 1. The number of benzene rings is 1. The first-order chi connectivity index (χ1) is 10.1. The Labute approximate surface area is 141 Å². The maximum atomic E-state index is 10.6. The van der Waals surface area contributed by atoms with Crippen LogP contribution in [0, 0.1) is 0 Å². The minimum atomic E-state index is -0.671. The van der Waals surface area contributed by atoms with Crippen LogP contribution in [0.1, 0.15) is 42.9 Å². The van der Waals surface area contributed by atoms with Crippen molar-refractivity contribution >= 4 is 17.0 Å². The van der Waals surface area contributed by atoms with Gasteiger partial charge in [-0.15, -0.1) is 17.0 Å². The SMILES string of the molecule is Br.CN(C1CCCCO1)C1CCc2c(ccc(O)c2O)C1O. The molecule has 0 aromatic heterocycles. The van der Waals surface area contributed by atoms with Crippen molar-refractivity contribution in [3.8, 4) is 11.5 Å². The highest BCUT2D eigenvalue weighted by Gasteiger charge is 2.36. The summed E-state index contributed by atoms with van der Waals surface area (Å²) in [7, 11) is 2.00. The van der Waals surface area contributed by atoms with E-state index in [9.17, 15) is 15.3 Å². The zero-order valence-corrected chi connectivity index (χ0v) is 14.4. The Balaban J connectivity index is 0.00000176. The molecule has 3 N–H and O–H groups in total. The summed E-state index contributed by atoms with van der Waals surface area (Å²) in [5, 5.41) is 30.2. The van der Waals surface area contributed by atoms with Crippen LogP contribution >= 0.6 is 17.0 Å². The van der Waals surface area contributed by atoms with Gasteiger partial charge in [0.1, 0.15) is 6.23 Å². The summed E-state index contributed by atoms with van der Waals surface area (Å²) in [5.41, 5.74) is 1.38. The molecule has 6 heteroatoms. The molecule has 1 aliphatic heterocycles. The smallest absolute Gasteiger partial charge is 0.161 e. The van der Waals surface area contributed by atoms with Gasteiger partial charge >= 0.3 is 0 Å². The van der Waals surface area contributed by atoms with E-state index in [0.717, 1.165) is 32.3 Å². The molecule has 0 spiro atoms. The Morgan fingerprint density at radius 1 is 1.18 bits per heavy atom. The molecule has 3 rings (SSSR count). The molecule has 2 aliphatic rings. The van der Waals surface area contributed by atoms with Crippen molar-refractivity contribution in [2.24, 2.45) is 0 Å². The van der Waals surface area contributed by atoms with E-state index in [4.69, 9.17) is 4.74 Å². The van der Waals surface area contributed by atoms with Gasteiger partial charge in [0, 0.05) is 18.2 Å². The van der Waals surface area contributed by atoms with Crippen LogP contribution in [-0.4, -0.2) is 46.1 Å². The average molecular weight is 374 g/mol. The van der Waals surface area contributed by atoms with Crippen molar-refractivity contribution in [2.75, 3.05) is 13.7 Å². The number of phenols is 2. The number of phenolic OH excluding ortho intramolecular Hbond substituents is 2. The van der Waals surface area contributed by atoms with E-state index in [2.05, 4.69) is 4.90 Å². The quantitative estimate of drug-likeness (QED) is 0.694. The first-order valence-corrected chi connectivity index (χ1v) is 7.65. The summed E-state index contributed by atoms with van der Waals surface area (Å²) in [6.45, 7) is 0.781. The van der Waals surface area contributed by atoms with E-state index in [-0.39, 0.29) is 40.8 Å². The fraction of sp³-hybridized carbons (Fsp3) is 0.625. The van der Waals surface area contributed by atoms with Gasteiger partial charge in [-0.2, -0.15) is 0 Å².